The van der Waals surface area contributed by atoms with E-state index in [1.807, 2.05) is 12.1 Å². The molecule has 31 heavy (non-hydrogen) atoms. The van der Waals surface area contributed by atoms with Gasteiger partial charge in [0.25, 0.3) is 11.8 Å². The molecule has 8 nitrogen and oxygen atoms in total. The second kappa shape index (κ2) is 10.9. The molecule has 0 aliphatic carbocycles. The van der Waals surface area contributed by atoms with Crippen molar-refractivity contribution in [2.24, 2.45) is 0 Å². The van der Waals surface area contributed by atoms with Gasteiger partial charge in [-0.05, 0) is 49.4 Å². The van der Waals surface area contributed by atoms with Gasteiger partial charge >= 0.3 is 5.97 Å². The van der Waals surface area contributed by atoms with Crippen molar-refractivity contribution in [1.29, 1.82) is 0 Å². The van der Waals surface area contributed by atoms with E-state index in [0.29, 0.717) is 24.5 Å². The average molecular weight is 490 g/mol. The number of nitrogens with zero attached hydrogens (tertiary/aromatic N) is 1. The standard InChI is InChI=1S/C22H24BrN3O5/c1-15(31-20(27)14-24-22(29)16-3-2-4-17(23)13-16)21(28)25-18-5-7-19(8-6-18)26-9-11-30-12-10-26/h2-8,13,15H,9-12,14H2,1H3,(H,24,29)(H,25,28). The molecule has 2 N–H and O–H groups in total. The number of hydrogen-bond donors (Lipinski definition) is 2. The predicted octanol–water partition coefficient (Wildman–Crippen LogP) is 2.59. The SMILES string of the molecule is CC(OC(=O)CNC(=O)c1cccc(Br)c1)C(=O)Nc1ccc(N2CCOCC2)cc1. The summed E-state index contributed by atoms with van der Waals surface area (Å²) in [4.78, 5) is 38.6. The summed E-state index contributed by atoms with van der Waals surface area (Å²) in [7, 11) is 0. The summed E-state index contributed by atoms with van der Waals surface area (Å²) in [5.41, 5.74) is 2.07. The second-order valence-corrected chi connectivity index (χ2v) is 7.88. The van der Waals surface area contributed by atoms with E-state index in [0.717, 1.165) is 23.2 Å². The van der Waals surface area contributed by atoms with Crippen LogP contribution in [0.3, 0.4) is 0 Å². The average Bonchev–Trinajstić information content (AvgIpc) is 2.78. The zero-order chi connectivity index (χ0) is 22.2. The van der Waals surface area contributed by atoms with Crippen LogP contribution in [0, 0.1) is 0 Å². The molecule has 1 aliphatic heterocycles. The van der Waals surface area contributed by atoms with Crippen LogP contribution < -0.4 is 15.5 Å². The lowest BCUT2D eigenvalue weighted by Gasteiger charge is -2.28. The molecule has 1 atom stereocenters. The fourth-order valence-corrected chi connectivity index (χ4v) is 3.40. The summed E-state index contributed by atoms with van der Waals surface area (Å²) in [6.07, 6.45) is -1.01. The number of esters is 1. The number of amides is 2. The second-order valence-electron chi connectivity index (χ2n) is 6.96. The van der Waals surface area contributed by atoms with Crippen LogP contribution in [-0.4, -0.2) is 56.7 Å². The van der Waals surface area contributed by atoms with Crippen molar-refractivity contribution < 1.29 is 23.9 Å². The molecule has 0 saturated carbocycles. The Bertz CT molecular complexity index is 929. The van der Waals surface area contributed by atoms with Crippen molar-refractivity contribution in [3.63, 3.8) is 0 Å². The number of benzene rings is 2. The largest absolute Gasteiger partial charge is 0.451 e. The smallest absolute Gasteiger partial charge is 0.326 e. The van der Waals surface area contributed by atoms with Crippen LogP contribution in [0.4, 0.5) is 11.4 Å². The van der Waals surface area contributed by atoms with E-state index in [4.69, 9.17) is 9.47 Å². The molecule has 2 amide bonds. The Hall–Kier alpha value is -2.91. The fraction of sp³-hybridized carbons (Fsp3) is 0.318. The zero-order valence-electron chi connectivity index (χ0n) is 17.1. The Balaban J connectivity index is 1.44. The van der Waals surface area contributed by atoms with Crippen LogP contribution in [0.2, 0.25) is 0 Å². The van der Waals surface area contributed by atoms with Crippen LogP contribution in [0.25, 0.3) is 0 Å². The van der Waals surface area contributed by atoms with E-state index in [1.165, 1.54) is 6.92 Å². The van der Waals surface area contributed by atoms with Crippen molar-refractivity contribution in [2.75, 3.05) is 43.1 Å². The Morgan fingerprint density at radius 2 is 1.84 bits per heavy atom. The first-order chi connectivity index (χ1) is 14.9. The monoisotopic (exact) mass is 489 g/mol. The molecule has 2 aromatic carbocycles. The van der Waals surface area contributed by atoms with Crippen molar-refractivity contribution in [2.45, 2.75) is 13.0 Å². The lowest BCUT2D eigenvalue weighted by molar-refractivity contribution is -0.152. The number of carbonyl (C=O) groups excluding carboxylic acids is 3. The number of halogens is 1. The van der Waals surface area contributed by atoms with Gasteiger partial charge in [-0.3, -0.25) is 14.4 Å². The van der Waals surface area contributed by atoms with Crippen LogP contribution in [-0.2, 0) is 19.1 Å². The van der Waals surface area contributed by atoms with Gasteiger partial charge in [0.15, 0.2) is 6.10 Å². The molecule has 3 rings (SSSR count). The van der Waals surface area contributed by atoms with Crippen LogP contribution in [0.1, 0.15) is 17.3 Å². The summed E-state index contributed by atoms with van der Waals surface area (Å²) in [5.74, 6) is -1.56. The van der Waals surface area contributed by atoms with E-state index in [2.05, 4.69) is 31.5 Å². The number of anilines is 2. The Morgan fingerprint density at radius 3 is 2.52 bits per heavy atom. The highest BCUT2D eigenvalue weighted by Crippen LogP contribution is 2.19. The van der Waals surface area contributed by atoms with Gasteiger partial charge in [0.1, 0.15) is 6.54 Å². The topological polar surface area (TPSA) is 97.0 Å². The third-order valence-corrected chi connectivity index (χ3v) is 5.16. The van der Waals surface area contributed by atoms with Gasteiger partial charge in [-0.25, -0.2) is 0 Å². The lowest BCUT2D eigenvalue weighted by atomic mass is 10.2. The summed E-state index contributed by atoms with van der Waals surface area (Å²) < 4.78 is 11.2. The molecule has 1 unspecified atom stereocenters. The van der Waals surface area contributed by atoms with Gasteiger partial charge in [0.2, 0.25) is 0 Å². The molecule has 0 bridgehead atoms. The molecule has 164 valence electrons. The normalized spacial score (nSPS) is 14.5. The number of morpholine rings is 1. The minimum atomic E-state index is -1.01. The molecule has 0 spiro atoms. The van der Waals surface area contributed by atoms with Crippen molar-refractivity contribution in [3.05, 3.63) is 58.6 Å². The molecule has 0 aromatic heterocycles. The molecule has 0 radical (unpaired) electrons. The molecule has 1 saturated heterocycles. The summed E-state index contributed by atoms with van der Waals surface area (Å²) in [5, 5.41) is 5.20. The number of hydrogen-bond acceptors (Lipinski definition) is 6. The Morgan fingerprint density at radius 1 is 1.13 bits per heavy atom. The first-order valence-electron chi connectivity index (χ1n) is 9.89. The van der Waals surface area contributed by atoms with Crippen molar-refractivity contribution >= 4 is 45.1 Å². The zero-order valence-corrected chi connectivity index (χ0v) is 18.7. The molecular weight excluding hydrogens is 466 g/mol. The van der Waals surface area contributed by atoms with E-state index < -0.39 is 23.9 Å². The fourth-order valence-electron chi connectivity index (χ4n) is 3.00. The highest BCUT2D eigenvalue weighted by atomic mass is 79.9. The quantitative estimate of drug-likeness (QED) is 0.580. The first kappa shape index (κ1) is 22.8. The van der Waals surface area contributed by atoms with Gasteiger partial charge in [-0.2, -0.15) is 0 Å². The van der Waals surface area contributed by atoms with Crippen molar-refractivity contribution in [1.82, 2.24) is 5.32 Å². The van der Waals surface area contributed by atoms with E-state index in [1.54, 1.807) is 36.4 Å². The Kier molecular flexibility index (Phi) is 8.02. The first-order valence-corrected chi connectivity index (χ1v) is 10.7. The maximum atomic E-state index is 12.3. The van der Waals surface area contributed by atoms with Gasteiger partial charge in [0.05, 0.1) is 13.2 Å². The highest BCUT2D eigenvalue weighted by molar-refractivity contribution is 9.10. The lowest BCUT2D eigenvalue weighted by Crippen LogP contribution is -2.36. The van der Waals surface area contributed by atoms with Gasteiger partial charge < -0.3 is 25.0 Å². The van der Waals surface area contributed by atoms with Crippen LogP contribution in [0.15, 0.2) is 53.0 Å². The number of rotatable bonds is 7. The van der Waals surface area contributed by atoms with Crippen LogP contribution in [0.5, 0.6) is 0 Å². The summed E-state index contributed by atoms with van der Waals surface area (Å²) >= 11 is 3.29. The summed E-state index contributed by atoms with van der Waals surface area (Å²) in [6.45, 7) is 4.20. The third kappa shape index (κ3) is 6.80. The van der Waals surface area contributed by atoms with Crippen molar-refractivity contribution in [3.8, 4) is 0 Å². The third-order valence-electron chi connectivity index (χ3n) is 4.67. The minimum Gasteiger partial charge on any atom is -0.451 e. The molecule has 2 aromatic rings. The predicted molar refractivity (Wildman–Crippen MR) is 120 cm³/mol. The van der Waals surface area contributed by atoms with Gasteiger partial charge in [0, 0.05) is 34.5 Å². The molecular formula is C22H24BrN3O5. The summed E-state index contributed by atoms with van der Waals surface area (Å²) in [6, 6.07) is 14.2. The number of ether oxygens (including phenoxy) is 2. The highest BCUT2D eigenvalue weighted by Gasteiger charge is 2.19. The Labute approximate surface area is 189 Å². The molecule has 9 heteroatoms. The van der Waals surface area contributed by atoms with E-state index in [9.17, 15) is 14.4 Å². The number of nitrogens with one attached hydrogen (secondary N) is 2. The van der Waals surface area contributed by atoms with E-state index in [-0.39, 0.29) is 6.54 Å². The maximum Gasteiger partial charge on any atom is 0.326 e. The minimum absolute atomic E-state index is 0.336. The molecule has 1 heterocycles. The van der Waals surface area contributed by atoms with Gasteiger partial charge in [-0.1, -0.05) is 22.0 Å². The van der Waals surface area contributed by atoms with Crippen LogP contribution >= 0.6 is 15.9 Å². The van der Waals surface area contributed by atoms with E-state index >= 15 is 0 Å². The number of carbonyl (C=O) groups is 3. The van der Waals surface area contributed by atoms with Gasteiger partial charge in [-0.15, -0.1) is 0 Å². The molecule has 1 fully saturated rings. The maximum absolute atomic E-state index is 12.3. The molecule has 1 aliphatic rings.